The zero-order valence-corrected chi connectivity index (χ0v) is 26.1. The summed E-state index contributed by atoms with van der Waals surface area (Å²) in [5.41, 5.74) is 7.57. The summed E-state index contributed by atoms with van der Waals surface area (Å²) in [6.07, 6.45) is 7.89. The van der Waals surface area contributed by atoms with Gasteiger partial charge in [0, 0.05) is 51.9 Å². The Labute approximate surface area is 267 Å². The Morgan fingerprint density at radius 3 is 2.11 bits per heavy atom. The van der Waals surface area contributed by atoms with Crippen molar-refractivity contribution < 1.29 is 9.53 Å². The van der Waals surface area contributed by atoms with E-state index in [0.29, 0.717) is 17.5 Å². The molecule has 0 amide bonds. The Hall–Kier alpha value is -3.71. The van der Waals surface area contributed by atoms with Crippen LogP contribution in [0.2, 0.25) is 10.0 Å². The normalized spacial score (nSPS) is 16.1. The lowest BCUT2D eigenvalue weighted by atomic mass is 9.84. The van der Waals surface area contributed by atoms with Crippen molar-refractivity contribution in [3.8, 4) is 0 Å². The maximum absolute atomic E-state index is 12.0. The monoisotopic (exact) mass is 624 g/mol. The smallest absolute Gasteiger partial charge is 0.339 e. The van der Waals surface area contributed by atoms with Gasteiger partial charge in [0.25, 0.3) is 0 Å². The number of benzene rings is 3. The van der Waals surface area contributed by atoms with E-state index in [1.807, 2.05) is 36.5 Å². The van der Waals surface area contributed by atoms with Crippen molar-refractivity contribution in [1.29, 1.82) is 0 Å². The number of likely N-dealkylation sites (tertiary alicyclic amines) is 1. The number of carbonyl (C=O) groups excluding carboxylic acids is 1. The fourth-order valence-electron chi connectivity index (χ4n) is 6.64. The Balaban J connectivity index is 1.19. The summed E-state index contributed by atoms with van der Waals surface area (Å²) in [6, 6.07) is 25.5. The number of ether oxygens (including phenoxy) is 1. The van der Waals surface area contributed by atoms with Crippen LogP contribution in [-0.4, -0.2) is 45.8 Å². The van der Waals surface area contributed by atoms with E-state index in [0.717, 1.165) is 53.6 Å². The molecular weight excluding hydrogens is 591 g/mol. The number of rotatable bonds is 8. The SMILES string of the molecule is COC(=O)c1cncc(CN2CCC(c3c4cc(C(c5ccc(Cl)cc5)c5ccc(Cl)cc5)ccc4nn3C3CC3)CC2)c1. The van der Waals surface area contributed by atoms with Crippen LogP contribution in [0.25, 0.3) is 10.9 Å². The van der Waals surface area contributed by atoms with Gasteiger partial charge in [0.2, 0.25) is 0 Å². The second-order valence-electron chi connectivity index (χ2n) is 12.0. The maximum atomic E-state index is 12.0. The van der Waals surface area contributed by atoms with Gasteiger partial charge in [0.1, 0.15) is 0 Å². The van der Waals surface area contributed by atoms with Crippen LogP contribution in [0, 0.1) is 0 Å². The topological polar surface area (TPSA) is 60.2 Å². The third-order valence-corrected chi connectivity index (χ3v) is 9.49. The van der Waals surface area contributed by atoms with Crippen LogP contribution >= 0.6 is 23.2 Å². The van der Waals surface area contributed by atoms with Crippen molar-refractivity contribution in [3.63, 3.8) is 0 Å². The van der Waals surface area contributed by atoms with E-state index in [2.05, 4.69) is 57.0 Å². The second-order valence-corrected chi connectivity index (χ2v) is 12.9. The first kappa shape index (κ1) is 29.0. The number of piperidine rings is 1. The molecule has 0 atom stereocenters. The minimum Gasteiger partial charge on any atom is -0.465 e. The average molecular weight is 626 g/mol. The number of hydrogen-bond acceptors (Lipinski definition) is 5. The number of methoxy groups -OCH3 is 1. The number of aromatic nitrogens is 3. The van der Waals surface area contributed by atoms with Gasteiger partial charge in [-0.1, -0.05) is 53.5 Å². The second kappa shape index (κ2) is 12.4. The molecule has 0 bridgehead atoms. The van der Waals surface area contributed by atoms with E-state index in [9.17, 15) is 4.79 Å². The summed E-state index contributed by atoms with van der Waals surface area (Å²) in [4.78, 5) is 18.7. The first-order chi connectivity index (χ1) is 21.5. The van der Waals surface area contributed by atoms with Crippen LogP contribution in [0.3, 0.4) is 0 Å². The molecule has 0 N–H and O–H groups in total. The Kier molecular flexibility index (Phi) is 8.15. The van der Waals surface area contributed by atoms with Gasteiger partial charge in [-0.25, -0.2) is 4.79 Å². The predicted molar refractivity (Wildman–Crippen MR) is 175 cm³/mol. The average Bonchev–Trinajstić information content (AvgIpc) is 3.83. The van der Waals surface area contributed by atoms with E-state index in [1.165, 1.54) is 47.7 Å². The molecule has 44 heavy (non-hydrogen) atoms. The predicted octanol–water partition coefficient (Wildman–Crippen LogP) is 8.42. The molecule has 7 rings (SSSR count). The molecule has 8 heteroatoms. The fourth-order valence-corrected chi connectivity index (χ4v) is 6.89. The molecule has 0 spiro atoms. The maximum Gasteiger partial charge on any atom is 0.339 e. The van der Waals surface area contributed by atoms with Crippen LogP contribution in [0.15, 0.2) is 85.2 Å². The van der Waals surface area contributed by atoms with E-state index >= 15 is 0 Å². The number of fused-ring (bicyclic) bond motifs is 1. The largest absolute Gasteiger partial charge is 0.465 e. The van der Waals surface area contributed by atoms with Crippen LogP contribution in [0.4, 0.5) is 0 Å². The minimum atomic E-state index is -0.355. The first-order valence-corrected chi connectivity index (χ1v) is 16.0. The van der Waals surface area contributed by atoms with E-state index in [-0.39, 0.29) is 11.9 Å². The van der Waals surface area contributed by atoms with Gasteiger partial charge in [-0.15, -0.1) is 0 Å². The van der Waals surface area contributed by atoms with Crippen molar-refractivity contribution in [2.45, 2.75) is 50.1 Å². The molecule has 2 aromatic heterocycles. The highest BCUT2D eigenvalue weighted by atomic mass is 35.5. The lowest BCUT2D eigenvalue weighted by molar-refractivity contribution is 0.0600. The molecule has 2 aliphatic rings. The highest BCUT2D eigenvalue weighted by Gasteiger charge is 2.33. The molecule has 1 saturated heterocycles. The molecule has 1 saturated carbocycles. The zero-order valence-electron chi connectivity index (χ0n) is 24.6. The third kappa shape index (κ3) is 5.99. The van der Waals surface area contributed by atoms with Gasteiger partial charge in [-0.2, -0.15) is 5.10 Å². The molecule has 6 nitrogen and oxygen atoms in total. The highest BCUT2D eigenvalue weighted by Crippen LogP contribution is 2.43. The third-order valence-electron chi connectivity index (χ3n) is 8.99. The lowest BCUT2D eigenvalue weighted by Crippen LogP contribution is -2.33. The Morgan fingerprint density at radius 2 is 1.50 bits per heavy atom. The minimum absolute atomic E-state index is 0.0438. The molecule has 3 aromatic carbocycles. The fraction of sp³-hybridized carbons (Fsp3) is 0.306. The van der Waals surface area contributed by atoms with Crippen molar-refractivity contribution in [2.75, 3.05) is 20.2 Å². The number of hydrogen-bond donors (Lipinski definition) is 0. The number of esters is 1. The molecule has 1 aliphatic heterocycles. The van der Waals surface area contributed by atoms with Crippen molar-refractivity contribution >= 4 is 40.1 Å². The molecule has 224 valence electrons. The summed E-state index contributed by atoms with van der Waals surface area (Å²) >= 11 is 12.6. The first-order valence-electron chi connectivity index (χ1n) is 15.2. The lowest BCUT2D eigenvalue weighted by Gasteiger charge is -2.32. The van der Waals surface area contributed by atoms with E-state index in [1.54, 1.807) is 6.20 Å². The number of carbonyl (C=O) groups is 1. The Morgan fingerprint density at radius 1 is 0.864 bits per heavy atom. The van der Waals surface area contributed by atoms with Gasteiger partial charge >= 0.3 is 5.97 Å². The molecule has 2 fully saturated rings. The van der Waals surface area contributed by atoms with Crippen LogP contribution in [0.5, 0.6) is 0 Å². The standard InChI is InChI=1S/C36H34Cl2N4O2/c1-44-36(43)28-18-23(20-39-21-28)22-41-16-14-26(15-17-41)35-32-19-27(6-13-33(32)40-42(35)31-11-12-31)34(24-2-7-29(37)8-3-24)25-4-9-30(38)10-5-25/h2-10,13,18-21,26,31,34H,11-12,14-17,22H2,1H3. The van der Waals surface area contributed by atoms with Gasteiger partial charge < -0.3 is 4.74 Å². The van der Waals surface area contributed by atoms with E-state index in [4.69, 9.17) is 33.0 Å². The van der Waals surface area contributed by atoms with Gasteiger partial charge in [0.15, 0.2) is 0 Å². The number of halogens is 2. The van der Waals surface area contributed by atoms with Crippen LogP contribution in [-0.2, 0) is 11.3 Å². The van der Waals surface area contributed by atoms with Crippen LogP contribution < -0.4 is 0 Å². The van der Waals surface area contributed by atoms with Crippen molar-refractivity contribution in [1.82, 2.24) is 19.7 Å². The molecule has 5 aromatic rings. The number of pyridine rings is 1. The van der Waals surface area contributed by atoms with Crippen molar-refractivity contribution in [3.05, 3.63) is 129 Å². The number of nitrogens with zero attached hydrogens (tertiary/aromatic N) is 4. The molecular formula is C36H34Cl2N4O2. The van der Waals surface area contributed by atoms with Crippen LogP contribution in [0.1, 0.15) is 81.9 Å². The summed E-state index contributed by atoms with van der Waals surface area (Å²) in [5, 5.41) is 7.87. The molecule has 0 unspecified atom stereocenters. The summed E-state index contributed by atoms with van der Waals surface area (Å²) in [5.74, 6) is 0.116. The summed E-state index contributed by atoms with van der Waals surface area (Å²) in [6.45, 7) is 2.71. The zero-order chi connectivity index (χ0) is 30.2. The quantitative estimate of drug-likeness (QED) is 0.128. The van der Waals surface area contributed by atoms with Gasteiger partial charge in [0.05, 0.1) is 24.2 Å². The highest BCUT2D eigenvalue weighted by molar-refractivity contribution is 6.30. The summed E-state index contributed by atoms with van der Waals surface area (Å²) < 4.78 is 7.22. The molecule has 1 aliphatic carbocycles. The van der Waals surface area contributed by atoms with Crippen molar-refractivity contribution in [2.24, 2.45) is 0 Å². The van der Waals surface area contributed by atoms with Gasteiger partial charge in [-0.3, -0.25) is 14.6 Å². The Bertz CT molecular complexity index is 1740. The molecule has 0 radical (unpaired) electrons. The van der Waals surface area contributed by atoms with Gasteiger partial charge in [-0.05, 0) is 103 Å². The molecule has 3 heterocycles. The van der Waals surface area contributed by atoms with E-state index < -0.39 is 0 Å². The summed E-state index contributed by atoms with van der Waals surface area (Å²) in [7, 11) is 1.40.